The van der Waals surface area contributed by atoms with Crippen LogP contribution in [0.2, 0.25) is 0 Å². The molecule has 0 aliphatic rings. The van der Waals surface area contributed by atoms with E-state index in [4.69, 9.17) is 4.74 Å². The zero-order chi connectivity index (χ0) is 16.8. The first-order valence-electron chi connectivity index (χ1n) is 8.05. The minimum absolute atomic E-state index is 0.498. The van der Waals surface area contributed by atoms with Crippen LogP contribution >= 0.6 is 11.3 Å². The molecule has 124 valence electrons. The zero-order valence-corrected chi connectivity index (χ0v) is 14.8. The van der Waals surface area contributed by atoms with Crippen molar-refractivity contribution in [3.8, 4) is 5.75 Å². The summed E-state index contributed by atoms with van der Waals surface area (Å²) in [5, 5.41) is 6.41. The predicted molar refractivity (Wildman–Crippen MR) is 98.6 cm³/mol. The van der Waals surface area contributed by atoms with Crippen molar-refractivity contribution in [3.63, 3.8) is 0 Å². The van der Waals surface area contributed by atoms with Gasteiger partial charge in [0.1, 0.15) is 23.2 Å². The normalized spacial score (nSPS) is 10.6. The molecule has 1 N–H and O–H groups in total. The Labute approximate surface area is 146 Å². The largest absolute Gasteiger partial charge is 0.486 e. The Bertz CT molecular complexity index is 783. The molecule has 2 heterocycles. The number of hydrogen-bond donors (Lipinski definition) is 1. The quantitative estimate of drug-likeness (QED) is 0.683. The fourth-order valence-electron chi connectivity index (χ4n) is 2.33. The summed E-state index contributed by atoms with van der Waals surface area (Å²) in [5.41, 5.74) is 3.46. The van der Waals surface area contributed by atoms with Gasteiger partial charge in [0, 0.05) is 11.6 Å². The van der Waals surface area contributed by atoms with Crippen LogP contribution in [0.4, 0.5) is 5.82 Å². The lowest BCUT2D eigenvalue weighted by Gasteiger charge is -2.08. The molecule has 0 spiro atoms. The maximum atomic E-state index is 5.77. The molecular formula is C19H21N3OS. The van der Waals surface area contributed by atoms with E-state index in [0.717, 1.165) is 28.7 Å². The number of benzene rings is 1. The number of pyridine rings is 1. The third-order valence-corrected chi connectivity index (χ3v) is 4.56. The van der Waals surface area contributed by atoms with Gasteiger partial charge in [-0.15, -0.1) is 11.3 Å². The van der Waals surface area contributed by atoms with E-state index in [2.05, 4.69) is 40.6 Å². The van der Waals surface area contributed by atoms with Gasteiger partial charge in [0.15, 0.2) is 0 Å². The van der Waals surface area contributed by atoms with Gasteiger partial charge in [-0.05, 0) is 37.1 Å². The average molecular weight is 339 g/mol. The van der Waals surface area contributed by atoms with Gasteiger partial charge in [-0.2, -0.15) is 0 Å². The van der Waals surface area contributed by atoms with E-state index in [-0.39, 0.29) is 0 Å². The van der Waals surface area contributed by atoms with Gasteiger partial charge < -0.3 is 10.1 Å². The molecule has 3 aromatic rings. The zero-order valence-electron chi connectivity index (χ0n) is 14.0. The molecule has 0 aliphatic heterocycles. The highest BCUT2D eigenvalue weighted by molar-refractivity contribution is 7.09. The Morgan fingerprint density at radius 2 is 2.00 bits per heavy atom. The molecule has 2 aromatic heterocycles. The highest BCUT2D eigenvalue weighted by atomic mass is 32.1. The molecule has 1 aromatic carbocycles. The summed E-state index contributed by atoms with van der Waals surface area (Å²) >= 11 is 1.62. The number of nitrogens with one attached hydrogen (secondary N) is 1. The van der Waals surface area contributed by atoms with Crippen LogP contribution in [0.3, 0.4) is 0 Å². The van der Waals surface area contributed by atoms with Gasteiger partial charge >= 0.3 is 0 Å². The minimum atomic E-state index is 0.498. The minimum Gasteiger partial charge on any atom is -0.486 e. The third-order valence-electron chi connectivity index (χ3n) is 3.69. The molecule has 0 radical (unpaired) electrons. The van der Waals surface area contributed by atoms with Crippen molar-refractivity contribution in [2.75, 3.05) is 5.32 Å². The van der Waals surface area contributed by atoms with E-state index in [9.17, 15) is 0 Å². The lowest BCUT2D eigenvalue weighted by atomic mass is 10.2. The average Bonchev–Trinajstić information content (AvgIpc) is 3.07. The van der Waals surface area contributed by atoms with Gasteiger partial charge in [-0.25, -0.2) is 9.97 Å². The van der Waals surface area contributed by atoms with Crippen LogP contribution in [-0.2, 0) is 19.6 Å². The van der Waals surface area contributed by atoms with Gasteiger partial charge in [0.2, 0.25) is 0 Å². The Morgan fingerprint density at radius 1 is 1.17 bits per heavy atom. The molecule has 0 unspecified atom stereocenters. The van der Waals surface area contributed by atoms with E-state index >= 15 is 0 Å². The molecule has 0 atom stereocenters. The molecule has 0 aliphatic carbocycles. The molecule has 4 nitrogen and oxygen atoms in total. The van der Waals surface area contributed by atoms with Crippen LogP contribution in [0.25, 0.3) is 0 Å². The second-order valence-electron chi connectivity index (χ2n) is 5.55. The summed E-state index contributed by atoms with van der Waals surface area (Å²) in [4.78, 5) is 9.01. The van der Waals surface area contributed by atoms with E-state index in [1.807, 2.05) is 36.5 Å². The Kier molecular flexibility index (Phi) is 5.43. The van der Waals surface area contributed by atoms with E-state index in [1.165, 1.54) is 11.1 Å². The fourth-order valence-corrected chi connectivity index (χ4v) is 3.04. The van der Waals surface area contributed by atoms with Crippen LogP contribution in [0.1, 0.15) is 28.8 Å². The molecule has 0 saturated carbocycles. The summed E-state index contributed by atoms with van der Waals surface area (Å²) in [5.74, 6) is 1.81. The number of aromatic nitrogens is 2. The Balaban J connectivity index is 1.54. The van der Waals surface area contributed by atoms with Crippen LogP contribution in [0.5, 0.6) is 5.75 Å². The van der Waals surface area contributed by atoms with Crippen molar-refractivity contribution in [1.29, 1.82) is 0 Å². The summed E-state index contributed by atoms with van der Waals surface area (Å²) in [6.45, 7) is 5.36. The monoisotopic (exact) mass is 339 g/mol. The summed E-state index contributed by atoms with van der Waals surface area (Å²) < 4.78 is 5.77. The number of aryl methyl sites for hydroxylation is 2. The first-order chi connectivity index (χ1) is 11.7. The number of thiazole rings is 1. The van der Waals surface area contributed by atoms with E-state index in [1.54, 1.807) is 11.3 Å². The number of rotatable bonds is 7. The Morgan fingerprint density at radius 3 is 2.79 bits per heavy atom. The number of hydrogen-bond acceptors (Lipinski definition) is 5. The highest BCUT2D eigenvalue weighted by Crippen LogP contribution is 2.17. The maximum absolute atomic E-state index is 5.77. The fraction of sp³-hybridized carbons (Fsp3) is 0.263. The lowest BCUT2D eigenvalue weighted by Crippen LogP contribution is -2.04. The Hall–Kier alpha value is -2.40. The molecule has 0 bridgehead atoms. The summed E-state index contributed by atoms with van der Waals surface area (Å²) in [6.07, 6.45) is 2.77. The highest BCUT2D eigenvalue weighted by Gasteiger charge is 2.05. The molecule has 24 heavy (non-hydrogen) atoms. The van der Waals surface area contributed by atoms with E-state index in [0.29, 0.717) is 13.2 Å². The predicted octanol–water partition coefficient (Wildman–Crippen LogP) is 4.60. The molecule has 0 amide bonds. The topological polar surface area (TPSA) is 47.0 Å². The van der Waals surface area contributed by atoms with Gasteiger partial charge in [0.25, 0.3) is 0 Å². The van der Waals surface area contributed by atoms with Crippen molar-refractivity contribution in [2.45, 2.75) is 33.4 Å². The molecule has 0 saturated heterocycles. The first kappa shape index (κ1) is 16.5. The van der Waals surface area contributed by atoms with Crippen LogP contribution in [-0.4, -0.2) is 9.97 Å². The third kappa shape index (κ3) is 4.32. The molecule has 3 rings (SSSR count). The lowest BCUT2D eigenvalue weighted by molar-refractivity contribution is 0.305. The van der Waals surface area contributed by atoms with Crippen molar-refractivity contribution in [1.82, 2.24) is 9.97 Å². The van der Waals surface area contributed by atoms with Crippen LogP contribution < -0.4 is 10.1 Å². The number of nitrogens with zero attached hydrogens (tertiary/aromatic N) is 2. The first-order valence-corrected chi connectivity index (χ1v) is 8.93. The van der Waals surface area contributed by atoms with Crippen molar-refractivity contribution in [2.24, 2.45) is 0 Å². The molecule has 0 fully saturated rings. The van der Waals surface area contributed by atoms with Gasteiger partial charge in [-0.1, -0.05) is 30.7 Å². The maximum Gasteiger partial charge on any atom is 0.140 e. The second-order valence-corrected chi connectivity index (χ2v) is 6.50. The van der Waals surface area contributed by atoms with Crippen LogP contribution in [0.15, 0.2) is 48.0 Å². The molecule has 5 heteroatoms. The smallest absolute Gasteiger partial charge is 0.140 e. The van der Waals surface area contributed by atoms with E-state index < -0.39 is 0 Å². The van der Waals surface area contributed by atoms with Crippen molar-refractivity contribution >= 4 is 17.2 Å². The summed E-state index contributed by atoms with van der Waals surface area (Å²) in [6, 6.07) is 12.1. The number of anilines is 1. The van der Waals surface area contributed by atoms with Crippen molar-refractivity contribution in [3.05, 3.63) is 69.8 Å². The van der Waals surface area contributed by atoms with Gasteiger partial charge in [-0.3, -0.25) is 0 Å². The number of ether oxygens (including phenoxy) is 1. The molecular weight excluding hydrogens is 318 g/mol. The SMILES string of the molecule is CCc1cccnc1NCc1csc(COc2ccc(C)cc2)n1. The van der Waals surface area contributed by atoms with Gasteiger partial charge in [0.05, 0.1) is 12.2 Å². The summed E-state index contributed by atoms with van der Waals surface area (Å²) in [7, 11) is 0. The standard InChI is InChI=1S/C19H21N3OS/c1-3-15-5-4-10-20-19(15)21-11-16-13-24-18(22-16)12-23-17-8-6-14(2)7-9-17/h4-10,13H,3,11-12H2,1-2H3,(H,20,21). The second kappa shape index (κ2) is 7.93. The van der Waals surface area contributed by atoms with Crippen molar-refractivity contribution < 1.29 is 4.74 Å². The van der Waals surface area contributed by atoms with Crippen LogP contribution in [0, 0.1) is 6.92 Å².